The number of hydrogen-bond donors (Lipinski definition) is 3. The van der Waals surface area contributed by atoms with Crippen molar-refractivity contribution in [2.24, 2.45) is 0 Å². The summed E-state index contributed by atoms with van der Waals surface area (Å²) < 4.78 is 11.2. The number of nitrogens with zero attached hydrogens (tertiary/aromatic N) is 2. The largest absolute Gasteiger partial charge is 0.495 e. The fourth-order valence-electron chi connectivity index (χ4n) is 2.65. The standard InChI is InChI=1S/C21H23N5O4S2/c1-13-8-9-17(30-3)15(10-13)23-18(27)11-22-19(28)12-31-21-26-25-20(32-21)24-14-6-4-5-7-16(14)29-2/h4-10H,11-12H2,1-3H3,(H,22,28)(H,23,27)(H,24,25). The van der Waals surface area contributed by atoms with Gasteiger partial charge in [0, 0.05) is 0 Å². The predicted octanol–water partition coefficient (Wildman–Crippen LogP) is 3.45. The summed E-state index contributed by atoms with van der Waals surface area (Å²) in [5, 5.41) is 17.2. The van der Waals surface area contributed by atoms with E-state index in [4.69, 9.17) is 9.47 Å². The monoisotopic (exact) mass is 473 g/mol. The van der Waals surface area contributed by atoms with Gasteiger partial charge in [0.05, 0.1) is 37.9 Å². The highest BCUT2D eigenvalue weighted by Gasteiger charge is 2.12. The molecule has 3 rings (SSSR count). The van der Waals surface area contributed by atoms with Gasteiger partial charge in [-0.1, -0.05) is 41.3 Å². The number of thioether (sulfide) groups is 1. The second-order valence-electron chi connectivity index (χ2n) is 6.52. The Hall–Kier alpha value is -3.31. The number of methoxy groups -OCH3 is 2. The Labute approximate surface area is 193 Å². The van der Waals surface area contributed by atoms with E-state index in [-0.39, 0.29) is 24.1 Å². The smallest absolute Gasteiger partial charge is 0.243 e. The summed E-state index contributed by atoms with van der Waals surface area (Å²) in [5.41, 5.74) is 2.32. The molecule has 2 amide bonds. The second-order valence-corrected chi connectivity index (χ2v) is 8.72. The number of amides is 2. The number of rotatable bonds is 10. The van der Waals surface area contributed by atoms with Gasteiger partial charge in [0.2, 0.25) is 16.9 Å². The van der Waals surface area contributed by atoms with E-state index in [0.29, 0.717) is 26.7 Å². The molecule has 0 spiro atoms. The van der Waals surface area contributed by atoms with Gasteiger partial charge >= 0.3 is 0 Å². The van der Waals surface area contributed by atoms with Gasteiger partial charge in [0.25, 0.3) is 0 Å². The molecule has 3 aromatic rings. The Morgan fingerprint density at radius 1 is 1.00 bits per heavy atom. The first-order chi connectivity index (χ1) is 15.5. The molecule has 3 N–H and O–H groups in total. The number of benzene rings is 2. The molecule has 168 valence electrons. The van der Waals surface area contributed by atoms with Gasteiger partial charge in [0.1, 0.15) is 11.5 Å². The lowest BCUT2D eigenvalue weighted by Gasteiger charge is -2.11. The zero-order chi connectivity index (χ0) is 22.9. The number of carbonyl (C=O) groups excluding carboxylic acids is 2. The van der Waals surface area contributed by atoms with Crippen molar-refractivity contribution >= 4 is 51.4 Å². The van der Waals surface area contributed by atoms with Crippen molar-refractivity contribution in [1.29, 1.82) is 0 Å². The molecule has 0 bridgehead atoms. The average molecular weight is 474 g/mol. The number of para-hydroxylation sites is 2. The number of aromatic nitrogens is 2. The third kappa shape index (κ3) is 6.59. The summed E-state index contributed by atoms with van der Waals surface area (Å²) in [6.45, 7) is 1.77. The first kappa shape index (κ1) is 23.4. The van der Waals surface area contributed by atoms with Crippen LogP contribution in [0.15, 0.2) is 46.8 Å². The first-order valence-electron chi connectivity index (χ1n) is 9.56. The summed E-state index contributed by atoms with van der Waals surface area (Å²) >= 11 is 2.56. The number of nitrogens with one attached hydrogen (secondary N) is 3. The molecule has 0 saturated carbocycles. The van der Waals surface area contributed by atoms with Gasteiger partial charge in [0.15, 0.2) is 4.34 Å². The normalized spacial score (nSPS) is 10.3. The molecule has 0 aliphatic carbocycles. The quantitative estimate of drug-likeness (QED) is 0.384. The minimum absolute atomic E-state index is 0.115. The van der Waals surface area contributed by atoms with Crippen LogP contribution in [-0.2, 0) is 9.59 Å². The van der Waals surface area contributed by atoms with Gasteiger partial charge in [-0.3, -0.25) is 9.59 Å². The van der Waals surface area contributed by atoms with Crippen LogP contribution < -0.4 is 25.4 Å². The number of ether oxygens (including phenoxy) is 2. The molecule has 0 radical (unpaired) electrons. The van der Waals surface area contributed by atoms with Crippen LogP contribution in [0, 0.1) is 6.92 Å². The predicted molar refractivity (Wildman–Crippen MR) is 126 cm³/mol. The Balaban J connectivity index is 1.44. The molecule has 11 heteroatoms. The van der Waals surface area contributed by atoms with E-state index in [9.17, 15) is 9.59 Å². The molecular formula is C21H23N5O4S2. The van der Waals surface area contributed by atoms with Gasteiger partial charge in [-0.15, -0.1) is 10.2 Å². The van der Waals surface area contributed by atoms with Crippen molar-refractivity contribution in [2.75, 3.05) is 37.2 Å². The van der Waals surface area contributed by atoms with Gasteiger partial charge in [-0.25, -0.2) is 0 Å². The zero-order valence-electron chi connectivity index (χ0n) is 17.8. The van der Waals surface area contributed by atoms with Crippen molar-refractivity contribution in [2.45, 2.75) is 11.3 Å². The highest BCUT2D eigenvalue weighted by Crippen LogP contribution is 2.31. The molecule has 0 atom stereocenters. The van der Waals surface area contributed by atoms with Crippen LogP contribution >= 0.6 is 23.1 Å². The summed E-state index contributed by atoms with van der Waals surface area (Å²) in [7, 11) is 3.13. The third-order valence-electron chi connectivity index (χ3n) is 4.16. The highest BCUT2D eigenvalue weighted by molar-refractivity contribution is 8.01. The minimum Gasteiger partial charge on any atom is -0.495 e. The Kier molecular flexibility index (Phi) is 8.28. The second kappa shape index (κ2) is 11.3. The number of aryl methyl sites for hydroxylation is 1. The van der Waals surface area contributed by atoms with Crippen molar-refractivity contribution in [3.05, 3.63) is 48.0 Å². The van der Waals surface area contributed by atoms with Gasteiger partial charge in [-0.2, -0.15) is 0 Å². The molecule has 9 nitrogen and oxygen atoms in total. The fourth-order valence-corrected chi connectivity index (χ4v) is 4.25. The van der Waals surface area contributed by atoms with E-state index < -0.39 is 0 Å². The topological polar surface area (TPSA) is 114 Å². The molecule has 1 aromatic heterocycles. The Morgan fingerprint density at radius 2 is 1.75 bits per heavy atom. The molecule has 0 fully saturated rings. The molecule has 0 saturated heterocycles. The SMILES string of the molecule is COc1ccc(C)cc1NC(=O)CNC(=O)CSc1nnc(Nc2ccccc2OC)s1. The lowest BCUT2D eigenvalue weighted by atomic mass is 10.2. The average Bonchev–Trinajstić information content (AvgIpc) is 3.24. The first-order valence-corrected chi connectivity index (χ1v) is 11.4. The van der Waals surface area contributed by atoms with Crippen LogP contribution in [0.2, 0.25) is 0 Å². The summed E-state index contributed by atoms with van der Waals surface area (Å²) in [5.74, 6) is 0.740. The van der Waals surface area contributed by atoms with Crippen molar-refractivity contribution < 1.29 is 19.1 Å². The van der Waals surface area contributed by atoms with E-state index in [2.05, 4.69) is 26.1 Å². The van der Waals surface area contributed by atoms with Crippen LogP contribution in [0.25, 0.3) is 0 Å². The third-order valence-corrected chi connectivity index (χ3v) is 6.13. The van der Waals surface area contributed by atoms with E-state index in [1.54, 1.807) is 19.2 Å². The molecule has 1 heterocycles. The van der Waals surface area contributed by atoms with E-state index in [1.807, 2.05) is 37.3 Å². The van der Waals surface area contributed by atoms with E-state index >= 15 is 0 Å². The lowest BCUT2D eigenvalue weighted by Crippen LogP contribution is -2.34. The van der Waals surface area contributed by atoms with Crippen molar-refractivity contribution in [1.82, 2.24) is 15.5 Å². The Bertz CT molecular complexity index is 1090. The number of hydrogen-bond acceptors (Lipinski definition) is 9. The highest BCUT2D eigenvalue weighted by atomic mass is 32.2. The van der Waals surface area contributed by atoms with Gasteiger partial charge < -0.3 is 25.4 Å². The van der Waals surface area contributed by atoms with Crippen molar-refractivity contribution in [3.63, 3.8) is 0 Å². The number of carbonyl (C=O) groups is 2. The van der Waals surface area contributed by atoms with Crippen LogP contribution in [0.1, 0.15) is 5.56 Å². The van der Waals surface area contributed by atoms with Crippen LogP contribution in [0.4, 0.5) is 16.5 Å². The van der Waals surface area contributed by atoms with Gasteiger partial charge in [-0.05, 0) is 36.8 Å². The summed E-state index contributed by atoms with van der Waals surface area (Å²) in [6.07, 6.45) is 0. The maximum absolute atomic E-state index is 12.2. The summed E-state index contributed by atoms with van der Waals surface area (Å²) in [6, 6.07) is 12.9. The maximum atomic E-state index is 12.2. The number of anilines is 3. The van der Waals surface area contributed by atoms with Crippen molar-refractivity contribution in [3.8, 4) is 11.5 Å². The molecule has 0 aliphatic heterocycles. The van der Waals surface area contributed by atoms with Crippen LogP contribution in [0.3, 0.4) is 0 Å². The maximum Gasteiger partial charge on any atom is 0.243 e. The Morgan fingerprint density at radius 3 is 2.53 bits per heavy atom. The van der Waals surface area contributed by atoms with Crippen LogP contribution in [0.5, 0.6) is 11.5 Å². The van der Waals surface area contributed by atoms with Crippen LogP contribution in [-0.4, -0.2) is 48.5 Å². The molecule has 0 unspecified atom stereocenters. The zero-order valence-corrected chi connectivity index (χ0v) is 19.4. The lowest BCUT2D eigenvalue weighted by molar-refractivity contribution is -0.122. The van der Waals surface area contributed by atoms with E-state index in [0.717, 1.165) is 11.3 Å². The molecule has 0 aliphatic rings. The van der Waals surface area contributed by atoms with E-state index in [1.165, 1.54) is 30.2 Å². The molecular weight excluding hydrogens is 450 g/mol. The molecule has 32 heavy (non-hydrogen) atoms. The fraction of sp³-hybridized carbons (Fsp3) is 0.238. The minimum atomic E-state index is -0.341. The molecule has 2 aromatic carbocycles. The summed E-state index contributed by atoms with van der Waals surface area (Å²) in [4.78, 5) is 24.3.